The maximum absolute atomic E-state index is 13.4. The number of hydrogen-bond acceptors (Lipinski definition) is 4. The van der Waals surface area contributed by atoms with Crippen molar-refractivity contribution >= 4 is 22.4 Å². The Morgan fingerprint density at radius 1 is 1.35 bits per heavy atom. The number of rotatable bonds is 5. The van der Waals surface area contributed by atoms with Crippen LogP contribution in [0.4, 0.5) is 13.2 Å². The molecule has 0 bridgehead atoms. The molecule has 1 aliphatic heterocycles. The molecule has 0 N–H and O–H groups in total. The van der Waals surface area contributed by atoms with Crippen LogP contribution in [-0.2, 0) is 28.3 Å². The largest absolute Gasteiger partial charge is 0.435 e. The molecule has 1 fully saturated rings. The van der Waals surface area contributed by atoms with E-state index in [-0.39, 0.29) is 34.7 Å². The molecule has 0 aliphatic carbocycles. The summed E-state index contributed by atoms with van der Waals surface area (Å²) in [5, 5.41) is 4.20. The van der Waals surface area contributed by atoms with Crippen molar-refractivity contribution in [3.05, 3.63) is 23.5 Å². The molecule has 0 aromatic carbocycles. The van der Waals surface area contributed by atoms with Crippen LogP contribution in [0.25, 0.3) is 5.65 Å². The van der Waals surface area contributed by atoms with Gasteiger partial charge in [0.05, 0.1) is 23.0 Å². The van der Waals surface area contributed by atoms with Crippen LogP contribution in [-0.4, -0.2) is 42.4 Å². The molecule has 1 aliphatic rings. The van der Waals surface area contributed by atoms with Gasteiger partial charge in [-0.25, -0.2) is 9.50 Å². The molecule has 0 radical (unpaired) electrons. The van der Waals surface area contributed by atoms with Crippen molar-refractivity contribution in [3.63, 3.8) is 0 Å². The highest BCUT2D eigenvalue weighted by Crippen LogP contribution is 2.33. The number of aromatic nitrogens is 3. The van der Waals surface area contributed by atoms with E-state index in [1.165, 1.54) is 23.3 Å². The van der Waals surface area contributed by atoms with Crippen molar-refractivity contribution in [1.29, 1.82) is 0 Å². The lowest BCUT2D eigenvalue weighted by Crippen LogP contribution is -2.27. The van der Waals surface area contributed by atoms with E-state index in [0.717, 1.165) is 17.4 Å². The SMILES string of the molecule is CCCC1CC(=O)N(Cc2c(C(F)(F)F)nc3ccc(S(C)=O)nn23)C1. The molecule has 2 aromatic rings. The predicted molar refractivity (Wildman–Crippen MR) is 88.8 cm³/mol. The summed E-state index contributed by atoms with van der Waals surface area (Å²) >= 11 is 0. The Labute approximate surface area is 150 Å². The lowest BCUT2D eigenvalue weighted by atomic mass is 10.0. The topological polar surface area (TPSA) is 67.6 Å². The van der Waals surface area contributed by atoms with Crippen LogP contribution in [0.2, 0.25) is 0 Å². The Morgan fingerprint density at radius 3 is 2.69 bits per heavy atom. The molecular weight excluding hydrogens is 369 g/mol. The minimum absolute atomic E-state index is 0.0123. The molecule has 0 saturated carbocycles. The van der Waals surface area contributed by atoms with Crippen LogP contribution < -0.4 is 0 Å². The fraction of sp³-hybridized carbons (Fsp3) is 0.562. The number of alkyl halides is 3. The van der Waals surface area contributed by atoms with Crippen molar-refractivity contribution in [3.8, 4) is 0 Å². The second-order valence-electron chi connectivity index (χ2n) is 6.43. The maximum Gasteiger partial charge on any atom is 0.435 e. The maximum atomic E-state index is 13.4. The van der Waals surface area contributed by atoms with Gasteiger partial charge in [-0.05, 0) is 24.5 Å². The molecule has 2 aromatic heterocycles. The Bertz CT molecular complexity index is 865. The van der Waals surface area contributed by atoms with Crippen molar-refractivity contribution in [2.24, 2.45) is 5.92 Å². The fourth-order valence-electron chi connectivity index (χ4n) is 3.27. The normalized spacial score (nSPS) is 19.5. The third kappa shape index (κ3) is 3.60. The first kappa shape index (κ1) is 18.8. The van der Waals surface area contributed by atoms with Crippen LogP contribution in [0.3, 0.4) is 0 Å². The van der Waals surface area contributed by atoms with Crippen LogP contribution >= 0.6 is 0 Å². The van der Waals surface area contributed by atoms with Gasteiger partial charge in [0.1, 0.15) is 5.03 Å². The number of likely N-dealkylation sites (tertiary alicyclic amines) is 1. The number of imidazole rings is 1. The number of carbonyl (C=O) groups excluding carboxylic acids is 1. The highest BCUT2D eigenvalue weighted by atomic mass is 32.2. The number of amides is 1. The molecule has 142 valence electrons. The van der Waals surface area contributed by atoms with Gasteiger partial charge in [-0.3, -0.25) is 9.00 Å². The Hall–Kier alpha value is -1.97. The minimum Gasteiger partial charge on any atom is -0.336 e. The summed E-state index contributed by atoms with van der Waals surface area (Å²) in [5.74, 6) is -0.00515. The van der Waals surface area contributed by atoms with E-state index in [0.29, 0.717) is 13.0 Å². The molecule has 26 heavy (non-hydrogen) atoms. The molecule has 1 saturated heterocycles. The number of fused-ring (bicyclic) bond motifs is 1. The summed E-state index contributed by atoms with van der Waals surface area (Å²) in [6, 6.07) is 2.74. The van der Waals surface area contributed by atoms with E-state index in [1.54, 1.807) is 0 Å². The molecule has 2 unspecified atom stereocenters. The van der Waals surface area contributed by atoms with E-state index < -0.39 is 22.7 Å². The van der Waals surface area contributed by atoms with Gasteiger partial charge >= 0.3 is 6.18 Å². The van der Waals surface area contributed by atoms with E-state index in [4.69, 9.17) is 0 Å². The zero-order valence-electron chi connectivity index (χ0n) is 14.4. The zero-order chi connectivity index (χ0) is 19.1. The van der Waals surface area contributed by atoms with Crippen LogP contribution in [0.15, 0.2) is 17.2 Å². The number of nitrogens with zero attached hydrogens (tertiary/aromatic N) is 4. The van der Waals surface area contributed by atoms with Gasteiger partial charge in [-0.2, -0.15) is 18.3 Å². The second-order valence-corrected chi connectivity index (χ2v) is 7.76. The fourth-order valence-corrected chi connectivity index (χ4v) is 3.73. The molecule has 3 rings (SSSR count). The monoisotopic (exact) mass is 388 g/mol. The zero-order valence-corrected chi connectivity index (χ0v) is 15.2. The number of halogens is 3. The van der Waals surface area contributed by atoms with Gasteiger partial charge in [-0.1, -0.05) is 13.3 Å². The second kappa shape index (κ2) is 6.98. The molecule has 0 spiro atoms. The molecule has 10 heteroatoms. The van der Waals surface area contributed by atoms with Gasteiger partial charge in [-0.15, -0.1) is 0 Å². The summed E-state index contributed by atoms with van der Waals surface area (Å²) in [6.07, 6.45) is -1.14. The third-order valence-corrected chi connectivity index (χ3v) is 5.25. The van der Waals surface area contributed by atoms with Crippen molar-refractivity contribution in [2.45, 2.75) is 43.9 Å². The smallest absolute Gasteiger partial charge is 0.336 e. The first-order valence-electron chi connectivity index (χ1n) is 8.27. The molecule has 3 heterocycles. The van der Waals surface area contributed by atoms with Gasteiger partial charge < -0.3 is 4.90 Å². The van der Waals surface area contributed by atoms with E-state index in [9.17, 15) is 22.2 Å². The lowest BCUT2D eigenvalue weighted by Gasteiger charge is -2.17. The van der Waals surface area contributed by atoms with Crippen LogP contribution in [0.1, 0.15) is 37.6 Å². The third-order valence-electron chi connectivity index (χ3n) is 4.44. The first-order valence-corrected chi connectivity index (χ1v) is 9.83. The summed E-state index contributed by atoms with van der Waals surface area (Å²) in [4.78, 5) is 17.3. The van der Waals surface area contributed by atoms with E-state index >= 15 is 0 Å². The van der Waals surface area contributed by atoms with Crippen molar-refractivity contribution in [2.75, 3.05) is 12.8 Å². The standard InChI is InChI=1S/C16H19F3N4O2S/c1-3-4-10-7-14(24)22(8-10)9-11-15(16(17,18)19)20-12-5-6-13(26(2)25)21-23(11)12/h5-6,10H,3-4,7-9H2,1-2H3. The molecule has 6 nitrogen and oxygen atoms in total. The van der Waals surface area contributed by atoms with Gasteiger partial charge in [0.25, 0.3) is 0 Å². The predicted octanol–water partition coefficient (Wildman–Crippen LogP) is 2.63. The van der Waals surface area contributed by atoms with Crippen molar-refractivity contribution in [1.82, 2.24) is 19.5 Å². The van der Waals surface area contributed by atoms with E-state index in [1.807, 2.05) is 6.92 Å². The quantitative estimate of drug-likeness (QED) is 0.790. The minimum atomic E-state index is -4.67. The molecule has 1 amide bonds. The molecule has 2 atom stereocenters. The summed E-state index contributed by atoms with van der Waals surface area (Å²) in [5.41, 5.74) is -1.25. The number of hydrogen-bond donors (Lipinski definition) is 0. The van der Waals surface area contributed by atoms with Gasteiger partial charge in [0, 0.05) is 19.2 Å². The average molecular weight is 388 g/mol. The Kier molecular flexibility index (Phi) is 5.05. The van der Waals surface area contributed by atoms with Crippen LogP contribution in [0.5, 0.6) is 0 Å². The number of carbonyl (C=O) groups is 1. The average Bonchev–Trinajstić information content (AvgIpc) is 3.08. The Morgan fingerprint density at radius 2 is 2.08 bits per heavy atom. The summed E-state index contributed by atoms with van der Waals surface area (Å²) < 4.78 is 53.0. The van der Waals surface area contributed by atoms with Crippen molar-refractivity contribution < 1.29 is 22.2 Å². The highest BCUT2D eigenvalue weighted by Gasteiger charge is 2.40. The first-order chi connectivity index (χ1) is 12.2. The van der Waals surface area contributed by atoms with Gasteiger partial charge in [0.2, 0.25) is 5.91 Å². The molecular formula is C16H19F3N4O2S. The Balaban J connectivity index is 2.03. The summed E-state index contributed by atoms with van der Waals surface area (Å²) in [6.45, 7) is 2.22. The lowest BCUT2D eigenvalue weighted by molar-refractivity contribution is -0.142. The van der Waals surface area contributed by atoms with Gasteiger partial charge in [0.15, 0.2) is 11.3 Å². The van der Waals surface area contributed by atoms with Crippen LogP contribution in [0, 0.1) is 5.92 Å². The van der Waals surface area contributed by atoms with E-state index in [2.05, 4.69) is 10.1 Å². The summed E-state index contributed by atoms with van der Waals surface area (Å²) in [7, 11) is -1.45. The highest BCUT2D eigenvalue weighted by molar-refractivity contribution is 7.84.